The Morgan fingerprint density at radius 1 is 0.769 bits per heavy atom. The zero-order valence-electron chi connectivity index (χ0n) is 8.18. The minimum absolute atomic E-state index is 0.114. The van der Waals surface area contributed by atoms with E-state index >= 15 is 0 Å². The van der Waals surface area contributed by atoms with Gasteiger partial charge in [0.2, 0.25) is 0 Å². The quantitative estimate of drug-likeness (QED) is 0.573. The first-order valence-electron chi connectivity index (χ1n) is 5.61. The van der Waals surface area contributed by atoms with Crippen molar-refractivity contribution in [2.45, 2.75) is 50.7 Å². The molecule has 0 aromatic carbocycles. The van der Waals surface area contributed by atoms with E-state index in [1.807, 2.05) is 0 Å². The van der Waals surface area contributed by atoms with Crippen LogP contribution in [0.15, 0.2) is 0 Å². The van der Waals surface area contributed by atoms with Crippen LogP contribution in [0.4, 0.5) is 0 Å². The van der Waals surface area contributed by atoms with Crippen LogP contribution in [-0.4, -0.2) is 19.0 Å². The lowest BCUT2D eigenvalue weighted by atomic mass is 9.57. The van der Waals surface area contributed by atoms with Crippen molar-refractivity contribution in [3.05, 3.63) is 0 Å². The van der Waals surface area contributed by atoms with Gasteiger partial charge in [-0.1, -0.05) is 19.3 Å². The topological polar surface area (TPSA) is 18.5 Å². The van der Waals surface area contributed by atoms with Crippen LogP contribution in [0, 0.1) is 5.41 Å². The van der Waals surface area contributed by atoms with E-state index in [0.717, 1.165) is 13.2 Å². The molecular weight excluding hydrogens is 164 g/mol. The summed E-state index contributed by atoms with van der Waals surface area (Å²) in [6, 6.07) is 0. The van der Waals surface area contributed by atoms with Crippen molar-refractivity contribution in [1.82, 2.24) is 0 Å². The van der Waals surface area contributed by atoms with Crippen molar-refractivity contribution in [1.29, 1.82) is 0 Å². The van der Waals surface area contributed by atoms with E-state index in [2.05, 4.69) is 0 Å². The molecule has 0 unspecified atom stereocenters. The van der Waals surface area contributed by atoms with Gasteiger partial charge in [-0.3, -0.25) is 0 Å². The zero-order chi connectivity index (χ0) is 8.78. The molecule has 0 aromatic heterocycles. The van der Waals surface area contributed by atoms with E-state index in [9.17, 15) is 0 Å². The van der Waals surface area contributed by atoms with Gasteiger partial charge in [0, 0.05) is 12.8 Å². The SMILES string of the molecule is C1CCC2(CC1)CC1(C2)OCCO1. The Hall–Kier alpha value is -0.0800. The van der Waals surface area contributed by atoms with E-state index in [0.29, 0.717) is 5.41 Å². The van der Waals surface area contributed by atoms with Crippen molar-refractivity contribution in [2.24, 2.45) is 5.41 Å². The first-order chi connectivity index (χ1) is 6.33. The monoisotopic (exact) mass is 182 g/mol. The van der Waals surface area contributed by atoms with E-state index < -0.39 is 0 Å². The van der Waals surface area contributed by atoms with Gasteiger partial charge in [-0.25, -0.2) is 0 Å². The molecular formula is C11H18O2. The average molecular weight is 182 g/mol. The molecule has 0 bridgehead atoms. The molecule has 1 saturated heterocycles. The predicted molar refractivity (Wildman–Crippen MR) is 49.4 cm³/mol. The first kappa shape index (κ1) is 8.25. The summed E-state index contributed by atoms with van der Waals surface area (Å²) >= 11 is 0. The molecule has 3 fully saturated rings. The van der Waals surface area contributed by atoms with Crippen molar-refractivity contribution in [3.63, 3.8) is 0 Å². The van der Waals surface area contributed by atoms with Crippen LogP contribution in [-0.2, 0) is 9.47 Å². The van der Waals surface area contributed by atoms with Crippen LogP contribution in [0.5, 0.6) is 0 Å². The van der Waals surface area contributed by atoms with Gasteiger partial charge in [-0.05, 0) is 18.3 Å². The summed E-state index contributed by atoms with van der Waals surface area (Å²) in [6.45, 7) is 1.63. The van der Waals surface area contributed by atoms with Gasteiger partial charge in [0.25, 0.3) is 0 Å². The Bertz CT molecular complexity index is 190. The summed E-state index contributed by atoms with van der Waals surface area (Å²) in [5, 5.41) is 0. The second kappa shape index (κ2) is 2.71. The second-order valence-electron chi connectivity index (χ2n) is 5.02. The van der Waals surface area contributed by atoms with Crippen molar-refractivity contribution in [2.75, 3.05) is 13.2 Å². The largest absolute Gasteiger partial charge is 0.347 e. The van der Waals surface area contributed by atoms with Gasteiger partial charge in [0.05, 0.1) is 13.2 Å². The first-order valence-corrected chi connectivity index (χ1v) is 5.61. The number of hydrogen-bond donors (Lipinski definition) is 0. The predicted octanol–water partition coefficient (Wildman–Crippen LogP) is 2.47. The lowest BCUT2D eigenvalue weighted by Crippen LogP contribution is -2.53. The lowest BCUT2D eigenvalue weighted by Gasteiger charge is -2.54. The van der Waals surface area contributed by atoms with Gasteiger partial charge in [0.15, 0.2) is 5.79 Å². The normalized spacial score (nSPS) is 35.1. The summed E-state index contributed by atoms with van der Waals surface area (Å²) in [5.41, 5.74) is 0.628. The number of rotatable bonds is 0. The van der Waals surface area contributed by atoms with Gasteiger partial charge >= 0.3 is 0 Å². The molecule has 74 valence electrons. The van der Waals surface area contributed by atoms with Gasteiger partial charge < -0.3 is 9.47 Å². The molecule has 3 aliphatic rings. The van der Waals surface area contributed by atoms with Crippen molar-refractivity contribution in [3.8, 4) is 0 Å². The highest BCUT2D eigenvalue weighted by Gasteiger charge is 2.57. The van der Waals surface area contributed by atoms with E-state index in [1.165, 1.54) is 44.9 Å². The Balaban J connectivity index is 1.65. The maximum absolute atomic E-state index is 5.68. The smallest absolute Gasteiger partial charge is 0.169 e. The number of hydrogen-bond acceptors (Lipinski definition) is 2. The molecule has 2 saturated carbocycles. The summed E-state index contributed by atoms with van der Waals surface area (Å²) in [5.74, 6) is -0.114. The summed E-state index contributed by atoms with van der Waals surface area (Å²) in [6.07, 6.45) is 9.49. The Labute approximate surface area is 79.6 Å². The molecule has 13 heavy (non-hydrogen) atoms. The third kappa shape index (κ3) is 1.23. The molecule has 3 rings (SSSR count). The highest BCUT2D eigenvalue weighted by Crippen LogP contribution is 2.59. The minimum Gasteiger partial charge on any atom is -0.347 e. The van der Waals surface area contributed by atoms with Gasteiger partial charge in [0.1, 0.15) is 0 Å². The summed E-state index contributed by atoms with van der Waals surface area (Å²) in [4.78, 5) is 0. The third-order valence-electron chi connectivity index (χ3n) is 4.02. The van der Waals surface area contributed by atoms with E-state index in [-0.39, 0.29) is 5.79 Å². The van der Waals surface area contributed by atoms with Gasteiger partial charge in [-0.2, -0.15) is 0 Å². The molecule has 1 heterocycles. The lowest BCUT2D eigenvalue weighted by molar-refractivity contribution is -0.268. The standard InChI is InChI=1S/C11H18O2/c1-2-4-10(5-3-1)8-11(9-10)12-6-7-13-11/h1-9H2. The van der Waals surface area contributed by atoms with Crippen LogP contribution in [0.25, 0.3) is 0 Å². The minimum atomic E-state index is -0.114. The second-order valence-corrected chi connectivity index (χ2v) is 5.02. The molecule has 2 spiro atoms. The maximum Gasteiger partial charge on any atom is 0.169 e. The van der Waals surface area contributed by atoms with E-state index in [4.69, 9.17) is 9.47 Å². The summed E-state index contributed by atoms with van der Waals surface area (Å²) < 4.78 is 11.4. The third-order valence-corrected chi connectivity index (χ3v) is 4.02. The molecule has 0 radical (unpaired) electrons. The highest BCUT2D eigenvalue weighted by molar-refractivity contribution is 5.02. The molecule has 2 aliphatic carbocycles. The molecule has 2 heteroatoms. The molecule has 0 aromatic rings. The Morgan fingerprint density at radius 2 is 1.38 bits per heavy atom. The van der Waals surface area contributed by atoms with Crippen LogP contribution >= 0.6 is 0 Å². The fourth-order valence-electron chi connectivity index (χ4n) is 3.45. The van der Waals surface area contributed by atoms with Crippen molar-refractivity contribution < 1.29 is 9.47 Å². The maximum atomic E-state index is 5.68. The van der Waals surface area contributed by atoms with Crippen LogP contribution in [0.2, 0.25) is 0 Å². The van der Waals surface area contributed by atoms with Gasteiger partial charge in [-0.15, -0.1) is 0 Å². The molecule has 0 atom stereocenters. The fourth-order valence-corrected chi connectivity index (χ4v) is 3.45. The van der Waals surface area contributed by atoms with E-state index in [1.54, 1.807) is 0 Å². The Kier molecular flexibility index (Phi) is 1.72. The Morgan fingerprint density at radius 3 is 2.00 bits per heavy atom. The average Bonchev–Trinajstić information content (AvgIpc) is 2.54. The molecule has 0 amide bonds. The number of ether oxygens (including phenoxy) is 2. The van der Waals surface area contributed by atoms with Crippen LogP contribution < -0.4 is 0 Å². The molecule has 2 nitrogen and oxygen atoms in total. The fraction of sp³-hybridized carbons (Fsp3) is 1.00. The highest BCUT2D eigenvalue weighted by atomic mass is 16.7. The van der Waals surface area contributed by atoms with Crippen LogP contribution in [0.1, 0.15) is 44.9 Å². The van der Waals surface area contributed by atoms with Crippen molar-refractivity contribution >= 4 is 0 Å². The summed E-state index contributed by atoms with van der Waals surface area (Å²) in [7, 11) is 0. The van der Waals surface area contributed by atoms with Crippen LogP contribution in [0.3, 0.4) is 0 Å². The molecule has 1 aliphatic heterocycles. The zero-order valence-corrected chi connectivity index (χ0v) is 8.18. The molecule has 0 N–H and O–H groups in total.